The molecule has 4 rings (SSSR count). The Labute approximate surface area is 151 Å². The first kappa shape index (κ1) is 16.6. The highest BCUT2D eigenvalue weighted by Crippen LogP contribution is 2.28. The van der Waals surface area contributed by atoms with Crippen LogP contribution in [0.5, 0.6) is 5.75 Å². The van der Waals surface area contributed by atoms with Crippen molar-refractivity contribution < 1.29 is 19.1 Å². The SMILES string of the molecule is COc1cccc(-c2nc3ccc(C(=O)N4CCC[C@@H](O)C4)cc3o2)c1. The van der Waals surface area contributed by atoms with Crippen molar-refractivity contribution in [3.63, 3.8) is 0 Å². The molecule has 6 nitrogen and oxygen atoms in total. The minimum absolute atomic E-state index is 0.0926. The molecular formula is C20H20N2O4. The average molecular weight is 352 g/mol. The molecule has 0 radical (unpaired) electrons. The fraction of sp³-hybridized carbons (Fsp3) is 0.300. The molecular weight excluding hydrogens is 332 g/mol. The van der Waals surface area contributed by atoms with E-state index in [2.05, 4.69) is 4.98 Å². The van der Waals surface area contributed by atoms with E-state index in [1.807, 2.05) is 24.3 Å². The van der Waals surface area contributed by atoms with Gasteiger partial charge in [-0.25, -0.2) is 4.98 Å². The topological polar surface area (TPSA) is 75.8 Å². The molecule has 2 aromatic carbocycles. The van der Waals surface area contributed by atoms with Gasteiger partial charge in [0.05, 0.1) is 13.2 Å². The molecule has 0 bridgehead atoms. The second-order valence-corrected chi connectivity index (χ2v) is 6.48. The Kier molecular flexibility index (Phi) is 4.34. The Bertz CT molecular complexity index is 950. The van der Waals surface area contributed by atoms with Crippen LogP contribution in [0.2, 0.25) is 0 Å². The number of benzene rings is 2. The molecule has 1 aliphatic heterocycles. The van der Waals surface area contributed by atoms with Gasteiger partial charge in [0, 0.05) is 24.2 Å². The zero-order valence-corrected chi connectivity index (χ0v) is 14.5. The summed E-state index contributed by atoms with van der Waals surface area (Å²) in [6.07, 6.45) is 1.12. The van der Waals surface area contributed by atoms with E-state index >= 15 is 0 Å². The lowest BCUT2D eigenvalue weighted by atomic mass is 10.1. The third-order valence-corrected chi connectivity index (χ3v) is 4.64. The molecule has 0 aliphatic carbocycles. The summed E-state index contributed by atoms with van der Waals surface area (Å²) >= 11 is 0. The smallest absolute Gasteiger partial charge is 0.254 e. The van der Waals surface area contributed by atoms with Gasteiger partial charge in [-0.15, -0.1) is 0 Å². The van der Waals surface area contributed by atoms with Crippen LogP contribution in [0.15, 0.2) is 46.9 Å². The third-order valence-electron chi connectivity index (χ3n) is 4.64. The molecule has 2 heterocycles. The second kappa shape index (κ2) is 6.80. The Morgan fingerprint density at radius 1 is 1.31 bits per heavy atom. The molecule has 0 spiro atoms. The number of aliphatic hydroxyl groups is 1. The summed E-state index contributed by atoms with van der Waals surface area (Å²) in [5, 5.41) is 9.79. The standard InChI is InChI=1S/C20H20N2O4/c1-25-16-6-2-4-13(10-16)19-21-17-8-7-14(11-18(17)26-19)20(24)22-9-3-5-15(23)12-22/h2,4,6-8,10-11,15,23H,3,5,9,12H2,1H3/t15-/m1/s1. The van der Waals surface area contributed by atoms with Crippen molar-refractivity contribution in [2.24, 2.45) is 0 Å². The van der Waals surface area contributed by atoms with Crippen LogP contribution in [0, 0.1) is 0 Å². The number of piperidine rings is 1. The number of aromatic nitrogens is 1. The number of likely N-dealkylation sites (tertiary alicyclic amines) is 1. The molecule has 1 N–H and O–H groups in total. The number of β-amino-alcohol motifs (C(OH)–C–C–N with tert-alkyl or cyclic N) is 1. The molecule has 1 amide bonds. The summed E-state index contributed by atoms with van der Waals surface area (Å²) in [5.41, 5.74) is 2.61. The van der Waals surface area contributed by atoms with Crippen LogP contribution in [-0.2, 0) is 0 Å². The number of amides is 1. The van der Waals surface area contributed by atoms with Crippen molar-refractivity contribution >= 4 is 17.0 Å². The first-order valence-electron chi connectivity index (χ1n) is 8.66. The average Bonchev–Trinajstić information content (AvgIpc) is 3.11. The summed E-state index contributed by atoms with van der Waals surface area (Å²) in [6, 6.07) is 12.7. The molecule has 1 saturated heterocycles. The number of nitrogens with zero attached hydrogens (tertiary/aromatic N) is 2. The summed E-state index contributed by atoms with van der Waals surface area (Å²) in [5.74, 6) is 1.12. The second-order valence-electron chi connectivity index (χ2n) is 6.48. The Hall–Kier alpha value is -2.86. The number of methoxy groups -OCH3 is 1. The van der Waals surface area contributed by atoms with Gasteiger partial charge >= 0.3 is 0 Å². The van der Waals surface area contributed by atoms with E-state index in [0.29, 0.717) is 35.6 Å². The summed E-state index contributed by atoms with van der Waals surface area (Å²) in [7, 11) is 1.61. The molecule has 3 aromatic rings. The Morgan fingerprint density at radius 3 is 3.00 bits per heavy atom. The van der Waals surface area contributed by atoms with Crippen molar-refractivity contribution in [3.8, 4) is 17.2 Å². The molecule has 1 aromatic heterocycles. The number of oxazole rings is 1. The van der Waals surface area contributed by atoms with Gasteiger partial charge in [0.2, 0.25) is 5.89 Å². The van der Waals surface area contributed by atoms with Gasteiger partial charge in [-0.2, -0.15) is 0 Å². The third kappa shape index (κ3) is 3.15. The van der Waals surface area contributed by atoms with Crippen molar-refractivity contribution in [1.82, 2.24) is 9.88 Å². The Balaban J connectivity index is 1.64. The molecule has 134 valence electrons. The number of rotatable bonds is 3. The highest BCUT2D eigenvalue weighted by molar-refractivity contribution is 5.97. The molecule has 1 fully saturated rings. The number of hydrogen-bond donors (Lipinski definition) is 1. The number of carbonyl (C=O) groups is 1. The molecule has 0 unspecified atom stereocenters. The van der Waals surface area contributed by atoms with Gasteiger partial charge in [-0.3, -0.25) is 4.79 Å². The van der Waals surface area contributed by atoms with Crippen LogP contribution in [-0.4, -0.2) is 47.2 Å². The summed E-state index contributed by atoms with van der Waals surface area (Å²) in [4.78, 5) is 18.9. The number of carbonyl (C=O) groups excluding carboxylic acids is 1. The minimum Gasteiger partial charge on any atom is -0.497 e. The van der Waals surface area contributed by atoms with E-state index in [0.717, 1.165) is 24.2 Å². The molecule has 26 heavy (non-hydrogen) atoms. The van der Waals surface area contributed by atoms with Crippen molar-refractivity contribution in [1.29, 1.82) is 0 Å². The predicted molar refractivity (Wildman–Crippen MR) is 97.1 cm³/mol. The minimum atomic E-state index is -0.443. The fourth-order valence-electron chi connectivity index (χ4n) is 3.26. The maximum atomic E-state index is 12.7. The monoisotopic (exact) mass is 352 g/mol. The van der Waals surface area contributed by atoms with Crippen LogP contribution in [0.4, 0.5) is 0 Å². The van der Waals surface area contributed by atoms with Crippen LogP contribution in [0.25, 0.3) is 22.6 Å². The molecule has 1 aliphatic rings. The van der Waals surface area contributed by atoms with Crippen molar-refractivity contribution in [3.05, 3.63) is 48.0 Å². The highest BCUT2D eigenvalue weighted by Gasteiger charge is 2.23. The summed E-state index contributed by atoms with van der Waals surface area (Å²) in [6.45, 7) is 1.04. The van der Waals surface area contributed by atoms with Crippen LogP contribution in [0.3, 0.4) is 0 Å². The van der Waals surface area contributed by atoms with Gasteiger partial charge in [0.1, 0.15) is 11.3 Å². The highest BCUT2D eigenvalue weighted by atomic mass is 16.5. The number of fused-ring (bicyclic) bond motifs is 1. The van der Waals surface area contributed by atoms with Gasteiger partial charge in [0.25, 0.3) is 5.91 Å². The van der Waals surface area contributed by atoms with E-state index in [1.165, 1.54) is 0 Å². The van der Waals surface area contributed by atoms with E-state index < -0.39 is 6.10 Å². The first-order valence-corrected chi connectivity index (χ1v) is 8.66. The van der Waals surface area contributed by atoms with Gasteiger partial charge < -0.3 is 19.2 Å². The van der Waals surface area contributed by atoms with E-state index in [9.17, 15) is 9.90 Å². The van der Waals surface area contributed by atoms with Crippen LogP contribution in [0.1, 0.15) is 23.2 Å². The van der Waals surface area contributed by atoms with Crippen LogP contribution < -0.4 is 4.74 Å². The zero-order chi connectivity index (χ0) is 18.1. The van der Waals surface area contributed by atoms with Gasteiger partial charge in [-0.05, 0) is 49.2 Å². The summed E-state index contributed by atoms with van der Waals surface area (Å²) < 4.78 is 11.1. The first-order chi connectivity index (χ1) is 12.6. The number of ether oxygens (including phenoxy) is 1. The number of aliphatic hydroxyl groups excluding tert-OH is 1. The van der Waals surface area contributed by atoms with Crippen molar-refractivity contribution in [2.75, 3.05) is 20.2 Å². The lowest BCUT2D eigenvalue weighted by Gasteiger charge is -2.30. The molecule has 1 atom stereocenters. The Morgan fingerprint density at radius 2 is 2.19 bits per heavy atom. The lowest BCUT2D eigenvalue weighted by Crippen LogP contribution is -2.42. The van der Waals surface area contributed by atoms with Crippen LogP contribution >= 0.6 is 0 Å². The quantitative estimate of drug-likeness (QED) is 0.784. The largest absolute Gasteiger partial charge is 0.497 e. The fourth-order valence-corrected chi connectivity index (χ4v) is 3.26. The van der Waals surface area contributed by atoms with E-state index in [-0.39, 0.29) is 5.91 Å². The molecule has 6 heteroatoms. The number of hydrogen-bond acceptors (Lipinski definition) is 5. The maximum Gasteiger partial charge on any atom is 0.254 e. The van der Waals surface area contributed by atoms with E-state index in [4.69, 9.17) is 9.15 Å². The predicted octanol–water partition coefficient (Wildman–Crippen LogP) is 3.10. The molecule has 0 saturated carbocycles. The zero-order valence-electron chi connectivity index (χ0n) is 14.5. The normalized spacial score (nSPS) is 17.5. The maximum absolute atomic E-state index is 12.7. The van der Waals surface area contributed by atoms with Gasteiger partial charge in [-0.1, -0.05) is 6.07 Å². The van der Waals surface area contributed by atoms with Gasteiger partial charge in [0.15, 0.2) is 5.58 Å². The lowest BCUT2D eigenvalue weighted by molar-refractivity contribution is 0.0474. The van der Waals surface area contributed by atoms with E-state index in [1.54, 1.807) is 30.2 Å². The van der Waals surface area contributed by atoms with Crippen molar-refractivity contribution in [2.45, 2.75) is 18.9 Å².